The van der Waals surface area contributed by atoms with Crippen LogP contribution in [0.4, 0.5) is 0 Å². The molecule has 1 aromatic rings. The Morgan fingerprint density at radius 1 is 1.35 bits per heavy atom. The van der Waals surface area contributed by atoms with Gasteiger partial charge in [-0.3, -0.25) is 0 Å². The fourth-order valence-corrected chi connectivity index (χ4v) is 2.12. The molecule has 1 heterocycles. The number of hydrogen-bond donors (Lipinski definition) is 1. The first-order chi connectivity index (χ1) is 9.61. The van der Waals surface area contributed by atoms with Gasteiger partial charge in [0.25, 0.3) is 0 Å². The second kappa shape index (κ2) is 6.39. The van der Waals surface area contributed by atoms with E-state index >= 15 is 0 Å². The number of aliphatic hydroxyl groups is 1. The highest BCUT2D eigenvalue weighted by Crippen LogP contribution is 2.21. The molecule has 1 aliphatic rings. The number of esters is 1. The number of carbonyl (C=O) groups excluding carboxylic acids is 1. The molecule has 0 bridgehead atoms. The molecule has 0 aromatic heterocycles. The maximum Gasteiger partial charge on any atom is 0.337 e. The van der Waals surface area contributed by atoms with Crippen molar-refractivity contribution >= 4 is 5.97 Å². The lowest BCUT2D eigenvalue weighted by Gasteiger charge is -2.17. The first-order valence-electron chi connectivity index (χ1n) is 6.58. The van der Waals surface area contributed by atoms with Crippen molar-refractivity contribution in [2.24, 2.45) is 5.92 Å². The van der Waals surface area contributed by atoms with Crippen LogP contribution in [0, 0.1) is 5.92 Å². The summed E-state index contributed by atoms with van der Waals surface area (Å²) in [7, 11) is 1.32. The lowest BCUT2D eigenvalue weighted by atomic mass is 9.99. The van der Waals surface area contributed by atoms with Crippen LogP contribution in [-0.2, 0) is 16.1 Å². The van der Waals surface area contributed by atoms with E-state index < -0.39 is 12.1 Å². The molecule has 1 aromatic carbocycles. The summed E-state index contributed by atoms with van der Waals surface area (Å²) in [6, 6.07) is 9.94. The summed E-state index contributed by atoms with van der Waals surface area (Å²) in [4.78, 5) is 13.7. The number of methoxy groups -OCH3 is 1. The van der Waals surface area contributed by atoms with Gasteiger partial charge >= 0.3 is 5.97 Å². The minimum absolute atomic E-state index is 0.138. The van der Waals surface area contributed by atoms with Gasteiger partial charge in [-0.1, -0.05) is 43.3 Å². The maximum absolute atomic E-state index is 11.8. The molecular weight excluding hydrogens is 254 g/mol. The van der Waals surface area contributed by atoms with E-state index in [0.29, 0.717) is 6.54 Å². The van der Waals surface area contributed by atoms with Gasteiger partial charge in [0.05, 0.1) is 18.8 Å². The number of aliphatic hydroxyl groups excluding tert-OH is 1. The maximum atomic E-state index is 11.8. The molecule has 2 atom stereocenters. The molecule has 0 spiro atoms. The molecule has 0 aliphatic carbocycles. The van der Waals surface area contributed by atoms with E-state index in [1.807, 2.05) is 54.4 Å². The molecule has 4 heteroatoms. The molecule has 0 fully saturated rings. The molecule has 0 saturated carbocycles. The molecule has 20 heavy (non-hydrogen) atoms. The Bertz CT molecular complexity index is 522. The number of ether oxygens (including phenoxy) is 1. The van der Waals surface area contributed by atoms with Crippen molar-refractivity contribution < 1.29 is 14.6 Å². The van der Waals surface area contributed by atoms with Crippen LogP contribution in [-0.4, -0.2) is 29.2 Å². The van der Waals surface area contributed by atoms with Crippen molar-refractivity contribution in [3.05, 3.63) is 59.9 Å². The number of hydrogen-bond acceptors (Lipinski definition) is 4. The van der Waals surface area contributed by atoms with E-state index in [4.69, 9.17) is 4.74 Å². The first-order valence-corrected chi connectivity index (χ1v) is 6.58. The van der Waals surface area contributed by atoms with E-state index in [2.05, 4.69) is 0 Å². The summed E-state index contributed by atoms with van der Waals surface area (Å²) in [5.74, 6) is -0.632. The van der Waals surface area contributed by atoms with Crippen molar-refractivity contribution in [3.63, 3.8) is 0 Å². The van der Waals surface area contributed by atoms with Crippen LogP contribution in [0.2, 0.25) is 0 Å². The number of carbonyl (C=O) groups is 1. The molecule has 106 valence electrons. The monoisotopic (exact) mass is 273 g/mol. The average molecular weight is 273 g/mol. The van der Waals surface area contributed by atoms with Crippen LogP contribution >= 0.6 is 0 Å². The summed E-state index contributed by atoms with van der Waals surface area (Å²) in [6.45, 7) is 2.50. The minimum atomic E-state index is -0.848. The molecule has 1 aliphatic heterocycles. The quantitative estimate of drug-likeness (QED) is 0.857. The second-order valence-electron chi connectivity index (χ2n) is 4.88. The molecule has 2 rings (SSSR count). The largest absolute Gasteiger partial charge is 0.466 e. The van der Waals surface area contributed by atoms with Gasteiger partial charge in [-0.2, -0.15) is 0 Å². The Morgan fingerprint density at radius 2 is 2.05 bits per heavy atom. The topological polar surface area (TPSA) is 49.8 Å². The van der Waals surface area contributed by atoms with Gasteiger partial charge in [0.15, 0.2) is 0 Å². The summed E-state index contributed by atoms with van der Waals surface area (Å²) >= 11 is 0. The predicted molar refractivity (Wildman–Crippen MR) is 76.4 cm³/mol. The summed E-state index contributed by atoms with van der Waals surface area (Å²) in [5.41, 5.74) is 1.41. The van der Waals surface area contributed by atoms with Crippen LogP contribution in [0.25, 0.3) is 0 Å². The standard InChI is InChI=1S/C16H19NO3/c1-12-8-9-17(10-13-6-4-3-5-7-13)11-14(15(12)18)16(19)20-2/h3-9,11-12,15,18H,10H2,1-2H3/t12-,15-/m0/s1. The highest BCUT2D eigenvalue weighted by molar-refractivity contribution is 5.89. The van der Waals surface area contributed by atoms with Gasteiger partial charge in [0, 0.05) is 24.9 Å². The number of benzene rings is 1. The highest BCUT2D eigenvalue weighted by atomic mass is 16.5. The fourth-order valence-electron chi connectivity index (χ4n) is 2.12. The molecule has 4 nitrogen and oxygen atoms in total. The SMILES string of the molecule is COC(=O)C1=CN(Cc2ccccc2)C=C[C@H](C)[C@@H]1O. The van der Waals surface area contributed by atoms with Gasteiger partial charge < -0.3 is 14.7 Å². The normalized spacial score (nSPS) is 22.1. The second-order valence-corrected chi connectivity index (χ2v) is 4.88. The number of nitrogens with zero attached hydrogens (tertiary/aromatic N) is 1. The van der Waals surface area contributed by atoms with Gasteiger partial charge in [0.2, 0.25) is 0 Å². The van der Waals surface area contributed by atoms with E-state index in [1.54, 1.807) is 6.20 Å². The van der Waals surface area contributed by atoms with Gasteiger partial charge in [-0.05, 0) is 5.56 Å². The smallest absolute Gasteiger partial charge is 0.337 e. The van der Waals surface area contributed by atoms with Crippen LogP contribution in [0.3, 0.4) is 0 Å². The third-order valence-electron chi connectivity index (χ3n) is 3.33. The third kappa shape index (κ3) is 3.27. The van der Waals surface area contributed by atoms with E-state index in [0.717, 1.165) is 5.56 Å². The Balaban J connectivity index is 2.25. The minimum Gasteiger partial charge on any atom is -0.466 e. The average Bonchev–Trinajstić information content (AvgIpc) is 2.61. The first kappa shape index (κ1) is 14.3. The Labute approximate surface area is 119 Å². The predicted octanol–water partition coefficient (Wildman–Crippen LogP) is 2.07. The molecule has 0 saturated heterocycles. The van der Waals surface area contributed by atoms with Crippen LogP contribution < -0.4 is 0 Å². The fraction of sp³-hybridized carbons (Fsp3) is 0.312. The zero-order valence-corrected chi connectivity index (χ0v) is 11.7. The van der Waals surface area contributed by atoms with Crippen molar-refractivity contribution in [1.82, 2.24) is 4.90 Å². The van der Waals surface area contributed by atoms with Gasteiger partial charge in [-0.25, -0.2) is 4.79 Å². The molecule has 0 amide bonds. The van der Waals surface area contributed by atoms with Crippen molar-refractivity contribution in [2.45, 2.75) is 19.6 Å². The Hall–Kier alpha value is -2.07. The lowest BCUT2D eigenvalue weighted by Crippen LogP contribution is -2.25. The Kier molecular flexibility index (Phi) is 4.58. The third-order valence-corrected chi connectivity index (χ3v) is 3.33. The zero-order chi connectivity index (χ0) is 14.5. The zero-order valence-electron chi connectivity index (χ0n) is 11.7. The van der Waals surface area contributed by atoms with E-state index in [-0.39, 0.29) is 11.5 Å². The Morgan fingerprint density at radius 3 is 2.70 bits per heavy atom. The van der Waals surface area contributed by atoms with E-state index in [1.165, 1.54) is 7.11 Å². The highest BCUT2D eigenvalue weighted by Gasteiger charge is 2.26. The van der Waals surface area contributed by atoms with Crippen LogP contribution in [0.15, 0.2) is 54.4 Å². The molecule has 0 unspecified atom stereocenters. The van der Waals surface area contributed by atoms with E-state index in [9.17, 15) is 9.90 Å². The van der Waals surface area contributed by atoms with Crippen LogP contribution in [0.5, 0.6) is 0 Å². The summed E-state index contributed by atoms with van der Waals surface area (Å²) in [5, 5.41) is 10.2. The molecule has 1 N–H and O–H groups in total. The number of rotatable bonds is 3. The lowest BCUT2D eigenvalue weighted by molar-refractivity contribution is -0.137. The van der Waals surface area contributed by atoms with Gasteiger partial charge in [0.1, 0.15) is 0 Å². The van der Waals surface area contributed by atoms with Crippen molar-refractivity contribution in [2.75, 3.05) is 7.11 Å². The summed E-state index contributed by atoms with van der Waals surface area (Å²) < 4.78 is 4.74. The van der Waals surface area contributed by atoms with Crippen molar-refractivity contribution in [1.29, 1.82) is 0 Å². The van der Waals surface area contributed by atoms with Gasteiger partial charge in [-0.15, -0.1) is 0 Å². The van der Waals surface area contributed by atoms with Crippen LogP contribution in [0.1, 0.15) is 12.5 Å². The molecule has 0 radical (unpaired) electrons. The summed E-state index contributed by atoms with van der Waals surface area (Å²) in [6.07, 6.45) is 4.58. The molecular formula is C16H19NO3. The van der Waals surface area contributed by atoms with Crippen molar-refractivity contribution in [3.8, 4) is 0 Å².